The molecule has 0 N–H and O–H groups in total. The van der Waals surface area contributed by atoms with Crippen molar-refractivity contribution in [3.05, 3.63) is 0 Å². The van der Waals surface area contributed by atoms with Gasteiger partial charge in [-0.05, 0) is 49.4 Å². The maximum Gasteiger partial charge on any atom is 0.294 e. The third kappa shape index (κ3) is 2.39. The van der Waals surface area contributed by atoms with Gasteiger partial charge in [-0.15, -0.1) is 0 Å². The predicted molar refractivity (Wildman–Crippen MR) is 61.4 cm³/mol. The van der Waals surface area contributed by atoms with Crippen molar-refractivity contribution in [2.24, 2.45) is 17.3 Å². The average Bonchev–Trinajstić information content (AvgIpc) is 2.63. The zero-order valence-corrected chi connectivity index (χ0v) is 10.4. The molecule has 0 aromatic rings. The normalized spacial score (nSPS) is 30.8. The molecule has 2 rings (SSSR count). The van der Waals surface area contributed by atoms with Crippen LogP contribution in [0.25, 0.3) is 0 Å². The fraction of sp³-hybridized carbons (Fsp3) is 1.00. The van der Waals surface area contributed by atoms with Crippen LogP contribution in [-0.4, -0.2) is 24.5 Å². The van der Waals surface area contributed by atoms with Crippen LogP contribution in [0.2, 0.25) is 0 Å². The second-order valence-corrected chi connectivity index (χ2v) is 6.06. The molecule has 16 heavy (non-hydrogen) atoms. The summed E-state index contributed by atoms with van der Waals surface area (Å²) in [4.78, 5) is 1.33. The Kier molecular flexibility index (Phi) is 3.53. The maximum absolute atomic E-state index is 12.5. The molecule has 1 spiro atoms. The Morgan fingerprint density at radius 1 is 1.12 bits per heavy atom. The van der Waals surface area contributed by atoms with Gasteiger partial charge >= 0.3 is 0 Å². The molecule has 0 amide bonds. The lowest BCUT2D eigenvalue weighted by molar-refractivity contribution is -0.0593. The minimum absolute atomic E-state index is 0.417. The SMILES string of the molecule is CC(C)C1CCC2(CCN(C(F)F)CC2)C1. The van der Waals surface area contributed by atoms with Gasteiger partial charge in [0.1, 0.15) is 0 Å². The molecule has 0 aromatic heterocycles. The van der Waals surface area contributed by atoms with Crippen molar-refractivity contribution in [3.8, 4) is 0 Å². The third-order valence-electron chi connectivity index (χ3n) is 4.82. The van der Waals surface area contributed by atoms with Gasteiger partial charge < -0.3 is 0 Å². The molecule has 3 heteroatoms. The molecular weight excluding hydrogens is 208 g/mol. The first kappa shape index (κ1) is 12.3. The topological polar surface area (TPSA) is 3.24 Å². The molecule has 1 unspecified atom stereocenters. The fourth-order valence-electron chi connectivity index (χ4n) is 3.47. The molecule has 2 fully saturated rings. The summed E-state index contributed by atoms with van der Waals surface area (Å²) in [5.74, 6) is 1.59. The molecule has 0 bridgehead atoms. The quantitative estimate of drug-likeness (QED) is 0.654. The van der Waals surface area contributed by atoms with Gasteiger partial charge in [-0.1, -0.05) is 13.8 Å². The first-order valence-electron chi connectivity index (χ1n) is 6.55. The molecular formula is C13H23F2N. The monoisotopic (exact) mass is 231 g/mol. The Bertz CT molecular complexity index is 232. The fourth-order valence-corrected chi connectivity index (χ4v) is 3.47. The number of alkyl halides is 2. The van der Waals surface area contributed by atoms with Crippen molar-refractivity contribution in [1.29, 1.82) is 0 Å². The highest BCUT2D eigenvalue weighted by Gasteiger charge is 2.42. The summed E-state index contributed by atoms with van der Waals surface area (Å²) < 4.78 is 25.1. The van der Waals surface area contributed by atoms with Crippen molar-refractivity contribution in [2.45, 2.75) is 52.5 Å². The number of hydrogen-bond acceptors (Lipinski definition) is 1. The van der Waals surface area contributed by atoms with E-state index in [1.165, 1.54) is 24.2 Å². The van der Waals surface area contributed by atoms with Crippen LogP contribution in [0.15, 0.2) is 0 Å². The molecule has 1 saturated carbocycles. The van der Waals surface area contributed by atoms with E-state index in [9.17, 15) is 8.78 Å². The highest BCUT2D eigenvalue weighted by atomic mass is 19.3. The highest BCUT2D eigenvalue weighted by molar-refractivity contribution is 4.93. The molecule has 0 radical (unpaired) electrons. The molecule has 0 aromatic carbocycles. The van der Waals surface area contributed by atoms with E-state index in [0.717, 1.165) is 24.7 Å². The van der Waals surface area contributed by atoms with Crippen molar-refractivity contribution < 1.29 is 8.78 Å². The van der Waals surface area contributed by atoms with Crippen LogP contribution in [0.4, 0.5) is 8.78 Å². The molecule has 1 nitrogen and oxygen atoms in total. The minimum Gasteiger partial charge on any atom is -0.247 e. The molecule has 1 aliphatic heterocycles. The summed E-state index contributed by atoms with van der Waals surface area (Å²) in [6.07, 6.45) is 5.84. The average molecular weight is 231 g/mol. The minimum atomic E-state index is -2.25. The Morgan fingerprint density at radius 2 is 1.75 bits per heavy atom. The summed E-state index contributed by atoms with van der Waals surface area (Å²) >= 11 is 0. The Morgan fingerprint density at radius 3 is 2.19 bits per heavy atom. The lowest BCUT2D eigenvalue weighted by Crippen LogP contribution is -2.41. The van der Waals surface area contributed by atoms with E-state index in [1.54, 1.807) is 0 Å². The van der Waals surface area contributed by atoms with E-state index in [2.05, 4.69) is 13.8 Å². The van der Waals surface area contributed by atoms with E-state index in [4.69, 9.17) is 0 Å². The Balaban J connectivity index is 1.89. The van der Waals surface area contributed by atoms with E-state index >= 15 is 0 Å². The molecule has 94 valence electrons. The lowest BCUT2D eigenvalue weighted by atomic mass is 9.75. The standard InChI is InChI=1S/C13H23F2N/c1-10(2)11-3-4-13(9-11)5-7-16(8-6-13)12(14)15/h10-12H,3-9H2,1-2H3. The van der Waals surface area contributed by atoms with Crippen molar-refractivity contribution in [2.75, 3.05) is 13.1 Å². The number of halogens is 2. The zero-order valence-electron chi connectivity index (χ0n) is 10.4. The van der Waals surface area contributed by atoms with Crippen LogP contribution in [0.1, 0.15) is 46.0 Å². The molecule has 1 aliphatic carbocycles. The van der Waals surface area contributed by atoms with Gasteiger partial charge in [0.25, 0.3) is 6.55 Å². The van der Waals surface area contributed by atoms with Gasteiger partial charge in [-0.25, -0.2) is 4.90 Å². The van der Waals surface area contributed by atoms with Crippen LogP contribution < -0.4 is 0 Å². The lowest BCUT2D eigenvalue weighted by Gasteiger charge is -2.39. The highest BCUT2D eigenvalue weighted by Crippen LogP contribution is 2.50. The first-order valence-corrected chi connectivity index (χ1v) is 6.55. The summed E-state index contributed by atoms with van der Waals surface area (Å²) in [6, 6.07) is 0. The smallest absolute Gasteiger partial charge is 0.247 e. The van der Waals surface area contributed by atoms with Crippen molar-refractivity contribution >= 4 is 0 Å². The van der Waals surface area contributed by atoms with E-state index in [1.807, 2.05) is 0 Å². The number of nitrogens with zero attached hydrogens (tertiary/aromatic N) is 1. The van der Waals surface area contributed by atoms with Gasteiger partial charge in [0.05, 0.1) is 0 Å². The number of piperidine rings is 1. The summed E-state index contributed by atoms with van der Waals surface area (Å²) in [7, 11) is 0. The Hall–Kier alpha value is -0.180. The summed E-state index contributed by atoms with van der Waals surface area (Å²) in [5, 5.41) is 0. The van der Waals surface area contributed by atoms with Crippen molar-refractivity contribution in [1.82, 2.24) is 4.90 Å². The van der Waals surface area contributed by atoms with Gasteiger partial charge in [-0.3, -0.25) is 0 Å². The van der Waals surface area contributed by atoms with Gasteiger partial charge in [0.15, 0.2) is 0 Å². The zero-order chi connectivity index (χ0) is 11.8. The van der Waals surface area contributed by atoms with Gasteiger partial charge in [0.2, 0.25) is 0 Å². The largest absolute Gasteiger partial charge is 0.294 e. The number of rotatable bonds is 2. The molecule has 1 atom stereocenters. The number of hydrogen-bond donors (Lipinski definition) is 0. The van der Waals surface area contributed by atoms with E-state index in [-0.39, 0.29) is 0 Å². The maximum atomic E-state index is 12.5. The second-order valence-electron chi connectivity index (χ2n) is 6.06. The van der Waals surface area contributed by atoms with Crippen LogP contribution in [-0.2, 0) is 0 Å². The molecule has 1 saturated heterocycles. The van der Waals surface area contributed by atoms with E-state index in [0.29, 0.717) is 18.5 Å². The predicted octanol–water partition coefficient (Wildman–Crippen LogP) is 3.75. The molecule has 1 heterocycles. The summed E-state index contributed by atoms with van der Waals surface area (Å²) in [5.41, 5.74) is 0.417. The van der Waals surface area contributed by atoms with Gasteiger partial charge in [-0.2, -0.15) is 8.78 Å². The number of likely N-dealkylation sites (tertiary alicyclic amines) is 1. The van der Waals surface area contributed by atoms with Crippen LogP contribution >= 0.6 is 0 Å². The van der Waals surface area contributed by atoms with Crippen LogP contribution in [0, 0.1) is 17.3 Å². The third-order valence-corrected chi connectivity index (χ3v) is 4.82. The Labute approximate surface area is 97.2 Å². The van der Waals surface area contributed by atoms with Crippen LogP contribution in [0.3, 0.4) is 0 Å². The van der Waals surface area contributed by atoms with E-state index < -0.39 is 6.55 Å². The van der Waals surface area contributed by atoms with Gasteiger partial charge in [0, 0.05) is 13.1 Å². The second kappa shape index (κ2) is 4.59. The van der Waals surface area contributed by atoms with Crippen molar-refractivity contribution in [3.63, 3.8) is 0 Å². The summed E-state index contributed by atoms with van der Waals surface area (Å²) in [6.45, 7) is 3.53. The van der Waals surface area contributed by atoms with Crippen LogP contribution in [0.5, 0.6) is 0 Å². The first-order chi connectivity index (χ1) is 7.52. The molecule has 2 aliphatic rings.